The Morgan fingerprint density at radius 3 is 1.66 bits per heavy atom. The highest BCUT2D eigenvalue weighted by molar-refractivity contribution is 6.75. The summed E-state index contributed by atoms with van der Waals surface area (Å²) in [6.07, 6.45) is 3.84. The van der Waals surface area contributed by atoms with Crippen LogP contribution in [-0.2, 0) is 23.2 Å². The van der Waals surface area contributed by atoms with Gasteiger partial charge in [0.05, 0.1) is 25.0 Å². The van der Waals surface area contributed by atoms with Gasteiger partial charge in [0.1, 0.15) is 0 Å². The minimum atomic E-state index is -2.19. The van der Waals surface area contributed by atoms with Crippen molar-refractivity contribution < 1.29 is 23.2 Å². The normalized spacial score (nSPS) is 23.6. The molecule has 0 saturated heterocycles. The van der Waals surface area contributed by atoms with Gasteiger partial charge in [-0.05, 0) is 43.2 Å². The van der Waals surface area contributed by atoms with E-state index in [1.807, 2.05) is 19.1 Å². The van der Waals surface area contributed by atoms with Crippen LogP contribution in [0, 0.1) is 5.92 Å². The van der Waals surface area contributed by atoms with Crippen LogP contribution in [0.5, 0.6) is 0 Å². The molecule has 7 heteroatoms. The molecule has 0 aliphatic carbocycles. The van der Waals surface area contributed by atoms with Crippen molar-refractivity contribution >= 4 is 28.6 Å². The molecule has 3 atom stereocenters. The first-order valence-corrected chi connectivity index (χ1v) is 16.4. The van der Waals surface area contributed by atoms with Gasteiger partial charge < -0.3 is 13.6 Å². The first-order valence-electron chi connectivity index (χ1n) is 10.6. The lowest BCUT2D eigenvalue weighted by atomic mass is 9.93. The summed E-state index contributed by atoms with van der Waals surface area (Å²) in [4.78, 5) is 25.3. The fraction of sp³-hybridized carbons (Fsp3) is 0.818. The van der Waals surface area contributed by atoms with E-state index in [9.17, 15) is 9.59 Å². The second kappa shape index (κ2) is 9.06. The molecule has 0 aromatic heterocycles. The largest absolute Gasteiger partial charge is 0.519 e. The van der Waals surface area contributed by atoms with Crippen LogP contribution < -0.4 is 0 Å². The molecule has 0 saturated carbocycles. The third-order valence-electron chi connectivity index (χ3n) is 6.62. The maximum absolute atomic E-state index is 12.7. The zero-order valence-electron chi connectivity index (χ0n) is 20.3. The van der Waals surface area contributed by atoms with E-state index < -0.39 is 16.6 Å². The fourth-order valence-corrected chi connectivity index (χ4v) is 4.48. The molecule has 0 radical (unpaired) electrons. The molecule has 5 nitrogen and oxygen atoms in total. The summed E-state index contributed by atoms with van der Waals surface area (Å²) in [7, 11) is -4.36. The smallest absolute Gasteiger partial charge is 0.295 e. The number of hydrogen-bond acceptors (Lipinski definition) is 5. The molecule has 0 spiro atoms. The van der Waals surface area contributed by atoms with Crippen LogP contribution in [0.2, 0.25) is 36.3 Å². The second-order valence-electron chi connectivity index (χ2n) is 11.3. The molecule has 168 valence electrons. The topological polar surface area (TPSA) is 61.8 Å². The van der Waals surface area contributed by atoms with Crippen LogP contribution in [0.3, 0.4) is 0 Å². The van der Waals surface area contributed by atoms with Gasteiger partial charge in [-0.25, -0.2) is 0 Å². The Bertz CT molecular complexity index is 626. The van der Waals surface area contributed by atoms with Crippen molar-refractivity contribution in [2.24, 2.45) is 5.92 Å². The fourth-order valence-electron chi connectivity index (χ4n) is 2.56. The zero-order valence-corrected chi connectivity index (χ0v) is 22.3. The lowest BCUT2D eigenvalue weighted by Gasteiger charge is -2.37. The molecule has 1 rings (SSSR count). The predicted molar refractivity (Wildman–Crippen MR) is 123 cm³/mol. The lowest BCUT2D eigenvalue weighted by molar-refractivity contribution is -0.144. The molecule has 0 fully saturated rings. The quantitative estimate of drug-likeness (QED) is 0.383. The molecule has 0 unspecified atom stereocenters. The average Bonchev–Trinajstić information content (AvgIpc) is 2.46. The van der Waals surface area contributed by atoms with Crippen LogP contribution in [-0.4, -0.2) is 40.8 Å². The summed E-state index contributed by atoms with van der Waals surface area (Å²) in [6, 6.07) is 0. The minimum Gasteiger partial charge on any atom is -0.519 e. The van der Waals surface area contributed by atoms with Gasteiger partial charge in [0, 0.05) is 5.92 Å². The van der Waals surface area contributed by atoms with E-state index >= 15 is 0 Å². The summed E-state index contributed by atoms with van der Waals surface area (Å²) in [5.41, 5.74) is 0. The summed E-state index contributed by atoms with van der Waals surface area (Å²) in [5.74, 6) is -0.644. The van der Waals surface area contributed by atoms with Crippen LogP contribution in [0.15, 0.2) is 12.2 Å². The molecule has 0 bridgehead atoms. The Morgan fingerprint density at radius 2 is 1.24 bits per heavy atom. The van der Waals surface area contributed by atoms with Crippen molar-refractivity contribution in [3.63, 3.8) is 0 Å². The monoisotopic (exact) mass is 442 g/mol. The van der Waals surface area contributed by atoms with E-state index in [-0.39, 0.29) is 53.0 Å². The first kappa shape index (κ1) is 26.1. The van der Waals surface area contributed by atoms with Crippen molar-refractivity contribution in [3.05, 3.63) is 12.2 Å². The van der Waals surface area contributed by atoms with Crippen molar-refractivity contribution in [1.29, 1.82) is 0 Å². The maximum atomic E-state index is 12.7. The second-order valence-corrected chi connectivity index (χ2v) is 20.8. The van der Waals surface area contributed by atoms with Crippen molar-refractivity contribution in [2.45, 2.75) is 110 Å². The van der Waals surface area contributed by atoms with Gasteiger partial charge in [-0.15, -0.1) is 0 Å². The third kappa shape index (κ3) is 7.36. The Balaban J connectivity index is 2.82. The highest BCUT2D eigenvalue weighted by Crippen LogP contribution is 2.38. The van der Waals surface area contributed by atoms with E-state index in [2.05, 4.69) is 67.7 Å². The molecular formula is C22H42O5Si2. The van der Waals surface area contributed by atoms with E-state index in [1.54, 1.807) is 0 Å². The van der Waals surface area contributed by atoms with Gasteiger partial charge in [-0.3, -0.25) is 9.59 Å². The molecule has 0 aromatic carbocycles. The van der Waals surface area contributed by atoms with E-state index in [0.29, 0.717) is 0 Å². The SMILES string of the molecule is C[C@H]1C=C[C@H](CC(=O)O[Si](C)(C)C(C)(C)C)[C@H](CC(=O)O[Si](C)(C)C(C)(C)C)O1. The summed E-state index contributed by atoms with van der Waals surface area (Å²) < 4.78 is 17.8. The molecule has 1 aliphatic rings. The van der Waals surface area contributed by atoms with Gasteiger partial charge in [0.15, 0.2) is 0 Å². The summed E-state index contributed by atoms with van der Waals surface area (Å²) in [6.45, 7) is 22.8. The van der Waals surface area contributed by atoms with E-state index in [1.165, 1.54) is 0 Å². The van der Waals surface area contributed by atoms with Gasteiger partial charge in [0.2, 0.25) is 0 Å². The van der Waals surface area contributed by atoms with Gasteiger partial charge in [-0.1, -0.05) is 53.7 Å². The number of hydrogen-bond donors (Lipinski definition) is 0. The highest BCUT2D eigenvalue weighted by Gasteiger charge is 2.43. The standard InChI is InChI=1S/C22H42O5Si2/c1-16-12-13-17(14-19(23)26-28(8,9)21(2,3)4)18(25-16)15-20(24)27-29(10,11)22(5,6)7/h12-13,16-18H,14-15H2,1-11H3/t16-,17+,18-/m0/s1. The maximum Gasteiger partial charge on any atom is 0.295 e. The van der Waals surface area contributed by atoms with Crippen molar-refractivity contribution in [1.82, 2.24) is 0 Å². The zero-order chi connectivity index (χ0) is 22.8. The first-order chi connectivity index (χ1) is 12.9. The van der Waals surface area contributed by atoms with E-state index in [0.717, 1.165) is 0 Å². The number of rotatable bonds is 6. The minimum absolute atomic E-state index is 0.0392. The van der Waals surface area contributed by atoms with Crippen molar-refractivity contribution in [2.75, 3.05) is 0 Å². The average molecular weight is 443 g/mol. The summed E-state index contributed by atoms with van der Waals surface area (Å²) >= 11 is 0. The van der Waals surface area contributed by atoms with Crippen LogP contribution in [0.25, 0.3) is 0 Å². The lowest BCUT2D eigenvalue weighted by Crippen LogP contribution is -2.45. The van der Waals surface area contributed by atoms with Gasteiger partial charge >= 0.3 is 0 Å². The number of carbonyl (C=O) groups is 2. The highest BCUT2D eigenvalue weighted by atomic mass is 28.4. The predicted octanol–water partition coefficient (Wildman–Crippen LogP) is 5.82. The molecule has 1 heterocycles. The molecule has 0 N–H and O–H groups in total. The molecular weight excluding hydrogens is 400 g/mol. The van der Waals surface area contributed by atoms with Crippen LogP contribution in [0.1, 0.15) is 61.3 Å². The van der Waals surface area contributed by atoms with Gasteiger partial charge in [-0.2, -0.15) is 0 Å². The Hall–Kier alpha value is -0.926. The third-order valence-corrected chi connectivity index (χ3v) is 15.3. The number of carbonyl (C=O) groups excluding carboxylic acids is 2. The van der Waals surface area contributed by atoms with Crippen molar-refractivity contribution in [3.8, 4) is 0 Å². The molecule has 1 aliphatic heterocycles. The van der Waals surface area contributed by atoms with Gasteiger partial charge in [0.25, 0.3) is 28.6 Å². The van der Waals surface area contributed by atoms with E-state index in [4.69, 9.17) is 13.6 Å². The molecule has 0 aromatic rings. The molecule has 29 heavy (non-hydrogen) atoms. The van der Waals surface area contributed by atoms with Crippen LogP contribution in [0.4, 0.5) is 0 Å². The Labute approximate surface area is 179 Å². The Kier molecular flexibility index (Phi) is 8.16. The number of ether oxygens (including phenoxy) is 1. The van der Waals surface area contributed by atoms with Crippen LogP contribution >= 0.6 is 0 Å². The Morgan fingerprint density at radius 1 is 0.828 bits per heavy atom. The summed E-state index contributed by atoms with van der Waals surface area (Å²) in [5, 5.41) is -0.0852. The molecule has 0 amide bonds.